The van der Waals surface area contributed by atoms with Gasteiger partial charge >= 0.3 is 0 Å². The molecule has 1 amide bonds. The van der Waals surface area contributed by atoms with Crippen LogP contribution in [0.5, 0.6) is 0 Å². The van der Waals surface area contributed by atoms with E-state index in [1.807, 2.05) is 20.8 Å². The van der Waals surface area contributed by atoms with Gasteiger partial charge in [0, 0.05) is 18.3 Å². The Kier molecular flexibility index (Phi) is 5.08. The topological polar surface area (TPSA) is 62.2 Å². The van der Waals surface area contributed by atoms with Gasteiger partial charge in [-0.25, -0.2) is 4.98 Å². The molecule has 0 aliphatic carbocycles. The number of halogens is 1. The third kappa shape index (κ3) is 3.78. The van der Waals surface area contributed by atoms with Crippen molar-refractivity contribution in [3.05, 3.63) is 28.0 Å². The van der Waals surface area contributed by atoms with Gasteiger partial charge in [0.1, 0.15) is 4.60 Å². The van der Waals surface area contributed by atoms with Crippen molar-refractivity contribution in [2.24, 2.45) is 5.92 Å². The van der Waals surface area contributed by atoms with Gasteiger partial charge in [-0.2, -0.15) is 0 Å². The molecule has 1 aromatic rings. The van der Waals surface area contributed by atoms with Crippen molar-refractivity contribution >= 4 is 21.8 Å². The molecule has 0 saturated heterocycles. The van der Waals surface area contributed by atoms with E-state index >= 15 is 0 Å². The van der Waals surface area contributed by atoms with Crippen LogP contribution in [0.3, 0.4) is 0 Å². The second-order valence-corrected chi connectivity index (χ2v) is 4.96. The summed E-state index contributed by atoms with van der Waals surface area (Å²) in [6.45, 7) is 5.67. The van der Waals surface area contributed by atoms with Gasteiger partial charge in [0.05, 0.1) is 5.56 Å². The third-order valence-electron chi connectivity index (χ3n) is 2.73. The minimum absolute atomic E-state index is 0.0242. The highest BCUT2D eigenvalue weighted by Gasteiger charge is 2.17. The quantitative estimate of drug-likeness (QED) is 0.835. The number of hydrogen-bond donors (Lipinski definition) is 2. The molecular weight excluding hydrogens is 284 g/mol. The smallest absolute Gasteiger partial charge is 0.254 e. The number of nitrogens with zero attached hydrogens (tertiary/aromatic N) is 1. The van der Waals surface area contributed by atoms with E-state index in [2.05, 4.69) is 26.2 Å². The normalized spacial score (nSPS) is 14.2. The molecule has 17 heavy (non-hydrogen) atoms. The molecule has 0 aliphatic heterocycles. The summed E-state index contributed by atoms with van der Waals surface area (Å²) in [5, 5.41) is 11.8. The van der Waals surface area contributed by atoms with E-state index < -0.39 is 0 Å². The first kappa shape index (κ1) is 14.1. The fourth-order valence-corrected chi connectivity index (χ4v) is 1.87. The first-order valence-electron chi connectivity index (χ1n) is 5.50. The molecule has 0 aromatic carbocycles. The van der Waals surface area contributed by atoms with Gasteiger partial charge in [0.2, 0.25) is 0 Å². The molecule has 2 N–H and O–H groups in total. The van der Waals surface area contributed by atoms with Gasteiger partial charge in [-0.1, -0.05) is 6.92 Å². The maximum Gasteiger partial charge on any atom is 0.254 e. The van der Waals surface area contributed by atoms with E-state index in [9.17, 15) is 4.79 Å². The Bertz CT molecular complexity index is 409. The van der Waals surface area contributed by atoms with Gasteiger partial charge in [0.15, 0.2) is 0 Å². The van der Waals surface area contributed by atoms with Crippen molar-refractivity contribution in [1.29, 1.82) is 0 Å². The predicted octanol–water partition coefficient (Wildman–Crippen LogP) is 1.90. The molecule has 1 aromatic heterocycles. The lowest BCUT2D eigenvalue weighted by molar-refractivity contribution is 0.0915. The van der Waals surface area contributed by atoms with Crippen LogP contribution in [0.4, 0.5) is 0 Å². The lowest BCUT2D eigenvalue weighted by Crippen LogP contribution is -2.38. The highest BCUT2D eigenvalue weighted by Crippen LogP contribution is 2.15. The Morgan fingerprint density at radius 2 is 2.18 bits per heavy atom. The summed E-state index contributed by atoms with van der Waals surface area (Å²) < 4.78 is 0.541. The standard InChI is InChI=1S/C12H17BrN2O2/c1-7(6-16)9(3)15-12(17)10-5-4-8(2)14-11(10)13/h4-5,7,9,16H,6H2,1-3H3,(H,15,17). The number of aliphatic hydroxyl groups is 1. The van der Waals surface area contributed by atoms with Crippen molar-refractivity contribution < 1.29 is 9.90 Å². The van der Waals surface area contributed by atoms with E-state index in [0.717, 1.165) is 5.69 Å². The second kappa shape index (κ2) is 6.12. The van der Waals surface area contributed by atoms with Crippen LogP contribution in [0.2, 0.25) is 0 Å². The largest absolute Gasteiger partial charge is 0.396 e. The van der Waals surface area contributed by atoms with Crippen LogP contribution in [-0.2, 0) is 0 Å². The molecule has 1 heterocycles. The summed E-state index contributed by atoms with van der Waals surface area (Å²) in [5.41, 5.74) is 1.36. The first-order valence-corrected chi connectivity index (χ1v) is 6.30. The summed E-state index contributed by atoms with van der Waals surface area (Å²) in [6, 6.07) is 3.44. The van der Waals surface area contributed by atoms with E-state index in [4.69, 9.17) is 5.11 Å². The first-order chi connectivity index (χ1) is 7.95. The number of aromatic nitrogens is 1. The minimum Gasteiger partial charge on any atom is -0.396 e. The summed E-state index contributed by atoms with van der Waals surface area (Å²) in [4.78, 5) is 16.1. The molecule has 0 spiro atoms. The van der Waals surface area contributed by atoms with Crippen molar-refractivity contribution in [3.63, 3.8) is 0 Å². The van der Waals surface area contributed by atoms with Crippen molar-refractivity contribution in [2.75, 3.05) is 6.61 Å². The van der Waals surface area contributed by atoms with Gasteiger partial charge in [-0.05, 0) is 47.8 Å². The summed E-state index contributed by atoms with van der Waals surface area (Å²) in [7, 11) is 0. The van der Waals surface area contributed by atoms with Gasteiger partial charge < -0.3 is 10.4 Å². The number of nitrogens with one attached hydrogen (secondary N) is 1. The minimum atomic E-state index is -0.183. The lowest BCUT2D eigenvalue weighted by atomic mass is 10.0. The van der Waals surface area contributed by atoms with Gasteiger partial charge in [0.25, 0.3) is 5.91 Å². The molecule has 0 saturated carbocycles. The number of carbonyl (C=O) groups is 1. The summed E-state index contributed by atoms with van der Waals surface area (Å²) >= 11 is 3.27. The average Bonchev–Trinajstić information content (AvgIpc) is 2.27. The Balaban J connectivity index is 2.76. The number of aryl methyl sites for hydroxylation is 1. The SMILES string of the molecule is Cc1ccc(C(=O)NC(C)C(C)CO)c(Br)n1. The van der Waals surface area contributed by atoms with Crippen LogP contribution in [0.1, 0.15) is 29.9 Å². The van der Waals surface area contributed by atoms with E-state index in [1.54, 1.807) is 12.1 Å². The molecule has 0 fully saturated rings. The van der Waals surface area contributed by atoms with Crippen LogP contribution in [0, 0.1) is 12.8 Å². The van der Waals surface area contributed by atoms with Crippen molar-refractivity contribution in [2.45, 2.75) is 26.8 Å². The Hall–Kier alpha value is -0.940. The monoisotopic (exact) mass is 300 g/mol. The second-order valence-electron chi connectivity index (χ2n) is 4.21. The molecule has 0 aliphatic rings. The van der Waals surface area contributed by atoms with E-state index in [0.29, 0.717) is 10.2 Å². The molecule has 2 atom stereocenters. The maximum atomic E-state index is 11.9. The summed E-state index contributed by atoms with van der Waals surface area (Å²) in [5.74, 6) is -0.159. The molecule has 2 unspecified atom stereocenters. The van der Waals surface area contributed by atoms with Gasteiger partial charge in [-0.15, -0.1) is 0 Å². The zero-order chi connectivity index (χ0) is 13.0. The number of hydrogen-bond acceptors (Lipinski definition) is 3. The highest BCUT2D eigenvalue weighted by molar-refractivity contribution is 9.10. The van der Waals surface area contributed by atoms with Crippen LogP contribution < -0.4 is 5.32 Å². The zero-order valence-electron chi connectivity index (χ0n) is 10.2. The van der Waals surface area contributed by atoms with Crippen LogP contribution in [0.25, 0.3) is 0 Å². The Morgan fingerprint density at radius 1 is 1.53 bits per heavy atom. The fraction of sp³-hybridized carbons (Fsp3) is 0.500. The van der Waals surface area contributed by atoms with Crippen LogP contribution >= 0.6 is 15.9 Å². The highest BCUT2D eigenvalue weighted by atomic mass is 79.9. The maximum absolute atomic E-state index is 11.9. The number of carbonyl (C=O) groups excluding carboxylic acids is 1. The molecule has 0 radical (unpaired) electrons. The van der Waals surface area contributed by atoms with Gasteiger partial charge in [-0.3, -0.25) is 4.79 Å². The van der Waals surface area contributed by atoms with Crippen LogP contribution in [0.15, 0.2) is 16.7 Å². The molecule has 5 heteroatoms. The van der Waals surface area contributed by atoms with Crippen molar-refractivity contribution in [3.8, 4) is 0 Å². The molecule has 1 rings (SSSR count). The molecule has 0 bridgehead atoms. The predicted molar refractivity (Wildman–Crippen MR) is 69.9 cm³/mol. The van der Waals surface area contributed by atoms with Crippen molar-refractivity contribution in [1.82, 2.24) is 10.3 Å². The molecular formula is C12H17BrN2O2. The summed E-state index contributed by atoms with van der Waals surface area (Å²) in [6.07, 6.45) is 0. The lowest BCUT2D eigenvalue weighted by Gasteiger charge is -2.19. The Labute approximate surface area is 110 Å². The third-order valence-corrected chi connectivity index (χ3v) is 3.34. The number of pyridine rings is 1. The van der Waals surface area contributed by atoms with E-state index in [-0.39, 0.29) is 24.5 Å². The van der Waals surface area contributed by atoms with E-state index in [1.165, 1.54) is 0 Å². The number of rotatable bonds is 4. The Morgan fingerprint density at radius 3 is 2.71 bits per heavy atom. The fourth-order valence-electron chi connectivity index (χ4n) is 1.28. The zero-order valence-corrected chi connectivity index (χ0v) is 11.8. The number of aliphatic hydroxyl groups excluding tert-OH is 1. The molecule has 4 nitrogen and oxygen atoms in total. The average molecular weight is 301 g/mol. The van der Waals surface area contributed by atoms with Crippen LogP contribution in [-0.4, -0.2) is 28.6 Å². The number of amides is 1. The molecule has 94 valence electrons.